The zero-order valence-electron chi connectivity index (χ0n) is 24.6. The van der Waals surface area contributed by atoms with Crippen molar-refractivity contribution in [3.05, 3.63) is 124 Å². The van der Waals surface area contributed by atoms with E-state index in [0.29, 0.717) is 27.0 Å². The second kappa shape index (κ2) is 14.5. The number of hydrogen-bond donors (Lipinski definition) is 3. The number of carbonyl (C=O) groups excluding carboxylic acids is 3. The molecule has 1 unspecified atom stereocenters. The van der Waals surface area contributed by atoms with E-state index in [1.165, 1.54) is 47.4 Å². The van der Waals surface area contributed by atoms with E-state index in [1.807, 2.05) is 12.1 Å². The molecule has 1 atom stereocenters. The van der Waals surface area contributed by atoms with Crippen molar-refractivity contribution < 1.29 is 24.0 Å². The van der Waals surface area contributed by atoms with Crippen LogP contribution in [0.1, 0.15) is 22.8 Å². The highest BCUT2D eigenvalue weighted by Crippen LogP contribution is 2.31. The minimum absolute atomic E-state index is 0.141. The van der Waals surface area contributed by atoms with Crippen LogP contribution in [0, 0.1) is 10.1 Å². The smallest absolute Gasteiger partial charge is 0.276 e. The summed E-state index contributed by atoms with van der Waals surface area (Å²) in [4.78, 5) is 55.6. The third-order valence-corrected chi connectivity index (χ3v) is 8.59. The molecule has 0 aliphatic heterocycles. The molecule has 3 N–H and O–H groups in total. The number of rotatable bonds is 11. The molecule has 5 rings (SSSR count). The molecule has 1 aromatic heterocycles. The van der Waals surface area contributed by atoms with Gasteiger partial charge in [-0.1, -0.05) is 47.7 Å². The van der Waals surface area contributed by atoms with Gasteiger partial charge in [0.25, 0.3) is 17.5 Å². The first kappa shape index (κ1) is 31.9. The van der Waals surface area contributed by atoms with Crippen molar-refractivity contribution in [3.8, 4) is 5.75 Å². The summed E-state index contributed by atoms with van der Waals surface area (Å²) >= 11 is 2.63. The van der Waals surface area contributed by atoms with Gasteiger partial charge in [-0.25, -0.2) is 4.98 Å². The monoisotopic (exact) mass is 653 g/mol. The number of anilines is 2. The number of carbonyl (C=O) groups is 3. The molecule has 4 aromatic carbocycles. The minimum Gasteiger partial charge on any atom is -0.497 e. The molecule has 5 aromatic rings. The molecule has 0 saturated carbocycles. The van der Waals surface area contributed by atoms with Crippen molar-refractivity contribution in [1.82, 2.24) is 10.3 Å². The first-order valence-corrected chi connectivity index (χ1v) is 15.5. The predicted molar refractivity (Wildman–Crippen MR) is 180 cm³/mol. The molecule has 0 fully saturated rings. The van der Waals surface area contributed by atoms with Crippen LogP contribution in [-0.2, 0) is 9.59 Å². The summed E-state index contributed by atoms with van der Waals surface area (Å²) in [5.74, 6) is -0.795. The molecule has 0 saturated heterocycles. The number of benzene rings is 4. The Balaban J connectivity index is 1.30. The Hall–Kier alpha value is -5.53. The summed E-state index contributed by atoms with van der Waals surface area (Å²) in [6.07, 6.45) is 1.26. The van der Waals surface area contributed by atoms with Gasteiger partial charge in [-0.05, 0) is 67.6 Å². The first-order chi connectivity index (χ1) is 22.2. The second-order valence-electron chi connectivity index (χ2n) is 9.78. The number of amides is 3. The number of ether oxygens (including phenoxy) is 1. The van der Waals surface area contributed by atoms with Gasteiger partial charge in [-0.15, -0.1) is 11.8 Å². The van der Waals surface area contributed by atoms with Gasteiger partial charge in [-0.3, -0.25) is 24.5 Å². The topological polar surface area (TPSA) is 153 Å². The van der Waals surface area contributed by atoms with Crippen LogP contribution >= 0.6 is 23.1 Å². The fourth-order valence-corrected chi connectivity index (χ4v) is 6.09. The van der Waals surface area contributed by atoms with Gasteiger partial charge in [0, 0.05) is 22.2 Å². The largest absolute Gasteiger partial charge is 0.497 e. The van der Waals surface area contributed by atoms with Crippen molar-refractivity contribution in [2.24, 2.45) is 0 Å². The highest BCUT2D eigenvalue weighted by Gasteiger charge is 2.20. The number of nitrogens with zero attached hydrogens (tertiary/aromatic N) is 2. The van der Waals surface area contributed by atoms with Crippen molar-refractivity contribution in [2.75, 3.05) is 17.7 Å². The zero-order valence-corrected chi connectivity index (χ0v) is 26.2. The fraction of sp³-hybridized carbons (Fsp3) is 0.0909. The van der Waals surface area contributed by atoms with Gasteiger partial charge in [0.1, 0.15) is 11.4 Å². The van der Waals surface area contributed by atoms with E-state index < -0.39 is 22.0 Å². The first-order valence-electron chi connectivity index (χ1n) is 13.8. The van der Waals surface area contributed by atoms with E-state index in [0.717, 1.165) is 10.2 Å². The van der Waals surface area contributed by atoms with Gasteiger partial charge in [0.2, 0.25) is 5.91 Å². The molecule has 11 nitrogen and oxygen atoms in total. The minimum atomic E-state index is -0.692. The SMILES string of the molecule is COc1ccc2nc(NC(=O)C(C)Sc3cccc(NC(=O)/C(=C\c4ccccc4[N+](=O)[O-])NC(=O)c4ccccc4)c3)sc2c1. The van der Waals surface area contributed by atoms with Gasteiger partial charge in [0.15, 0.2) is 5.13 Å². The van der Waals surface area contributed by atoms with Crippen LogP contribution in [0.3, 0.4) is 0 Å². The Labute approximate surface area is 271 Å². The third-order valence-electron chi connectivity index (χ3n) is 6.56. The van der Waals surface area contributed by atoms with Gasteiger partial charge in [-0.2, -0.15) is 0 Å². The number of nitro benzene ring substituents is 1. The van der Waals surface area contributed by atoms with Gasteiger partial charge < -0.3 is 20.7 Å². The number of aromatic nitrogens is 1. The van der Waals surface area contributed by atoms with Crippen LogP contribution in [-0.4, -0.2) is 40.0 Å². The van der Waals surface area contributed by atoms with E-state index in [1.54, 1.807) is 80.8 Å². The Morgan fingerprint density at radius 2 is 1.72 bits per heavy atom. The van der Waals surface area contributed by atoms with Crippen molar-refractivity contribution >= 4 is 73.6 Å². The van der Waals surface area contributed by atoms with E-state index in [9.17, 15) is 24.5 Å². The lowest BCUT2D eigenvalue weighted by Crippen LogP contribution is -2.30. The molecule has 0 aliphatic rings. The number of methoxy groups -OCH3 is 1. The molecule has 0 bridgehead atoms. The maximum Gasteiger partial charge on any atom is 0.276 e. The number of thiazole rings is 1. The summed E-state index contributed by atoms with van der Waals surface area (Å²) in [5, 5.41) is 19.8. The molecule has 3 amide bonds. The van der Waals surface area contributed by atoms with Gasteiger partial charge in [0.05, 0.1) is 33.1 Å². The summed E-state index contributed by atoms with van der Waals surface area (Å²) in [7, 11) is 1.59. The Morgan fingerprint density at radius 1 is 0.957 bits per heavy atom. The average molecular weight is 654 g/mol. The third kappa shape index (κ3) is 7.94. The van der Waals surface area contributed by atoms with E-state index >= 15 is 0 Å². The van der Waals surface area contributed by atoms with Crippen LogP contribution in [0.15, 0.2) is 108 Å². The van der Waals surface area contributed by atoms with Crippen LogP contribution < -0.4 is 20.7 Å². The van der Waals surface area contributed by atoms with Crippen LogP contribution in [0.4, 0.5) is 16.5 Å². The number of para-hydroxylation sites is 1. The van der Waals surface area contributed by atoms with Gasteiger partial charge >= 0.3 is 0 Å². The highest BCUT2D eigenvalue weighted by molar-refractivity contribution is 8.00. The standard InChI is InChI=1S/C33H27N5O6S2/c1-20(30(39)37-33-36-26-16-15-24(44-2)19-29(26)46-33)45-25-13-8-12-23(18-25)34-32(41)27(35-31(40)21-9-4-3-5-10-21)17-22-11-6-7-14-28(22)38(42)43/h3-20H,1-2H3,(H,34,41)(H,35,40)(H,36,37,39)/b27-17+. The average Bonchev–Trinajstić information content (AvgIpc) is 3.46. The predicted octanol–water partition coefficient (Wildman–Crippen LogP) is 6.74. The summed E-state index contributed by atoms with van der Waals surface area (Å²) in [6.45, 7) is 1.76. The lowest BCUT2D eigenvalue weighted by atomic mass is 10.1. The summed E-state index contributed by atoms with van der Waals surface area (Å²) in [5.41, 5.74) is 1.17. The van der Waals surface area contributed by atoms with E-state index in [-0.39, 0.29) is 22.9 Å². The molecular weight excluding hydrogens is 627 g/mol. The Bertz CT molecular complexity index is 1960. The number of fused-ring (bicyclic) bond motifs is 1. The molecule has 232 valence electrons. The van der Waals surface area contributed by atoms with E-state index in [2.05, 4.69) is 20.9 Å². The lowest BCUT2D eigenvalue weighted by molar-refractivity contribution is -0.385. The lowest BCUT2D eigenvalue weighted by Gasteiger charge is -2.13. The highest BCUT2D eigenvalue weighted by atomic mass is 32.2. The van der Waals surface area contributed by atoms with Crippen molar-refractivity contribution in [2.45, 2.75) is 17.1 Å². The summed E-state index contributed by atoms with van der Waals surface area (Å²) < 4.78 is 6.14. The maximum atomic E-state index is 13.5. The second-order valence-corrected chi connectivity index (χ2v) is 12.2. The zero-order chi connectivity index (χ0) is 32.6. The van der Waals surface area contributed by atoms with Crippen molar-refractivity contribution in [3.63, 3.8) is 0 Å². The van der Waals surface area contributed by atoms with Crippen LogP contribution in [0.25, 0.3) is 16.3 Å². The quantitative estimate of drug-likeness (QED) is 0.0613. The Kier molecular flexibility index (Phi) is 10.0. The molecule has 46 heavy (non-hydrogen) atoms. The van der Waals surface area contributed by atoms with Crippen LogP contribution in [0.2, 0.25) is 0 Å². The number of nitro groups is 1. The summed E-state index contributed by atoms with van der Waals surface area (Å²) in [6, 6.07) is 26.5. The Morgan fingerprint density at radius 3 is 2.48 bits per heavy atom. The number of hydrogen-bond acceptors (Lipinski definition) is 9. The maximum absolute atomic E-state index is 13.5. The van der Waals surface area contributed by atoms with E-state index in [4.69, 9.17) is 4.74 Å². The number of thioether (sulfide) groups is 1. The van der Waals surface area contributed by atoms with Crippen molar-refractivity contribution in [1.29, 1.82) is 0 Å². The molecule has 1 heterocycles. The van der Waals surface area contributed by atoms with Crippen LogP contribution in [0.5, 0.6) is 5.75 Å². The molecule has 13 heteroatoms. The normalized spacial score (nSPS) is 11.8. The molecule has 0 spiro atoms. The molecular formula is C33H27N5O6S2. The fourth-order valence-electron chi connectivity index (χ4n) is 4.27. The molecule has 0 aliphatic carbocycles. The number of nitrogens with one attached hydrogen (secondary N) is 3. The molecule has 0 radical (unpaired) electrons.